The molecule has 1 fully saturated rings. The van der Waals surface area contributed by atoms with E-state index in [-0.39, 0.29) is 6.23 Å². The van der Waals surface area contributed by atoms with Gasteiger partial charge in [0.2, 0.25) is 0 Å². The molecule has 0 radical (unpaired) electrons. The van der Waals surface area contributed by atoms with Gasteiger partial charge >= 0.3 is 0 Å². The van der Waals surface area contributed by atoms with Gasteiger partial charge in [-0.2, -0.15) is 0 Å². The highest BCUT2D eigenvalue weighted by molar-refractivity contribution is 6.32. The van der Waals surface area contributed by atoms with E-state index in [1.165, 1.54) is 11.3 Å². The zero-order valence-corrected chi connectivity index (χ0v) is 14.3. The van der Waals surface area contributed by atoms with Crippen LogP contribution >= 0.6 is 11.6 Å². The van der Waals surface area contributed by atoms with Crippen molar-refractivity contribution in [2.45, 2.75) is 13.2 Å². The van der Waals surface area contributed by atoms with E-state index in [0.29, 0.717) is 0 Å². The summed E-state index contributed by atoms with van der Waals surface area (Å²) in [5.74, 6) is 0. The molecule has 4 heteroatoms. The molecule has 0 saturated carbocycles. The second-order valence-corrected chi connectivity index (χ2v) is 6.46. The van der Waals surface area contributed by atoms with E-state index in [1.54, 1.807) is 0 Å². The van der Waals surface area contributed by atoms with Crippen LogP contribution in [-0.2, 0) is 4.74 Å². The average molecular weight is 339 g/mol. The summed E-state index contributed by atoms with van der Waals surface area (Å²) in [7, 11) is 0. The molecular weight excluding hydrogens is 320 g/mol. The van der Waals surface area contributed by atoms with Crippen LogP contribution in [0, 0.1) is 6.92 Å². The third-order valence-electron chi connectivity index (χ3n) is 4.39. The van der Waals surface area contributed by atoms with Crippen LogP contribution in [0.15, 0.2) is 67.0 Å². The molecule has 1 saturated heterocycles. The standard InChI is InChI=1S/C20H19ClN2O/c1-15-6-8-17(9-7-15)23-12-13-24-20(23)16-10-11-22(14-16)19-5-3-2-4-18(19)21/h2-11,14,20H,12-13H2,1H3/t20-/m1/s1. The van der Waals surface area contributed by atoms with Crippen molar-refractivity contribution in [3.05, 3.63) is 83.1 Å². The van der Waals surface area contributed by atoms with Crippen molar-refractivity contribution >= 4 is 17.3 Å². The zero-order valence-electron chi connectivity index (χ0n) is 13.5. The highest BCUT2D eigenvalue weighted by atomic mass is 35.5. The minimum absolute atomic E-state index is 0.0588. The summed E-state index contributed by atoms with van der Waals surface area (Å²) in [5, 5.41) is 0.738. The number of hydrogen-bond donors (Lipinski definition) is 0. The SMILES string of the molecule is Cc1ccc(N2CCO[C@@H]2c2ccn(-c3ccccc3Cl)c2)cc1. The van der Waals surface area contributed by atoms with E-state index in [9.17, 15) is 0 Å². The van der Waals surface area contributed by atoms with Gasteiger partial charge in [0, 0.05) is 30.2 Å². The fourth-order valence-electron chi connectivity index (χ4n) is 3.12. The van der Waals surface area contributed by atoms with Crippen LogP contribution in [0.4, 0.5) is 5.69 Å². The third-order valence-corrected chi connectivity index (χ3v) is 4.71. The fourth-order valence-corrected chi connectivity index (χ4v) is 3.35. The number of aryl methyl sites for hydroxylation is 1. The molecule has 1 aliphatic heterocycles. The molecule has 2 heterocycles. The fraction of sp³-hybridized carbons (Fsp3) is 0.200. The summed E-state index contributed by atoms with van der Waals surface area (Å²) in [6, 6.07) is 18.5. The van der Waals surface area contributed by atoms with Gasteiger partial charge in [0.05, 0.1) is 17.3 Å². The van der Waals surface area contributed by atoms with E-state index in [2.05, 4.69) is 48.4 Å². The Morgan fingerprint density at radius 1 is 1.04 bits per heavy atom. The van der Waals surface area contributed by atoms with Gasteiger partial charge in [-0.1, -0.05) is 41.4 Å². The van der Waals surface area contributed by atoms with Crippen molar-refractivity contribution in [2.75, 3.05) is 18.1 Å². The summed E-state index contributed by atoms with van der Waals surface area (Å²) < 4.78 is 8.04. The maximum atomic E-state index is 6.30. The Labute approximate surface area is 147 Å². The first-order valence-corrected chi connectivity index (χ1v) is 8.48. The number of benzene rings is 2. The van der Waals surface area contributed by atoms with E-state index in [0.717, 1.165) is 29.4 Å². The van der Waals surface area contributed by atoms with Crippen LogP contribution in [0.25, 0.3) is 5.69 Å². The molecule has 4 rings (SSSR count). The van der Waals surface area contributed by atoms with Crippen LogP contribution in [0.3, 0.4) is 0 Å². The van der Waals surface area contributed by atoms with Crippen molar-refractivity contribution in [3.8, 4) is 5.69 Å². The predicted octanol–water partition coefficient (Wildman–Crippen LogP) is 4.97. The summed E-state index contributed by atoms with van der Waals surface area (Å²) in [6.07, 6.45) is 4.07. The Hall–Kier alpha value is -2.23. The van der Waals surface area contributed by atoms with Crippen LogP contribution in [0.1, 0.15) is 17.4 Å². The van der Waals surface area contributed by atoms with E-state index >= 15 is 0 Å². The second kappa shape index (κ2) is 6.34. The molecule has 0 bridgehead atoms. The first-order valence-electron chi connectivity index (χ1n) is 8.10. The van der Waals surface area contributed by atoms with Gasteiger partial charge in [0.25, 0.3) is 0 Å². The lowest BCUT2D eigenvalue weighted by molar-refractivity contribution is 0.114. The molecule has 0 spiro atoms. The molecule has 1 atom stereocenters. The third kappa shape index (κ3) is 2.81. The monoisotopic (exact) mass is 338 g/mol. The Morgan fingerprint density at radius 2 is 1.83 bits per heavy atom. The number of para-hydroxylation sites is 1. The summed E-state index contributed by atoms with van der Waals surface area (Å²) in [5.41, 5.74) is 4.56. The number of aromatic nitrogens is 1. The number of halogens is 1. The Kier molecular flexibility index (Phi) is 4.05. The molecule has 2 aromatic carbocycles. The Bertz CT molecular complexity index is 841. The maximum Gasteiger partial charge on any atom is 0.158 e. The normalized spacial score (nSPS) is 17.4. The molecule has 3 aromatic rings. The average Bonchev–Trinajstić information content (AvgIpc) is 3.25. The van der Waals surface area contributed by atoms with Crippen molar-refractivity contribution < 1.29 is 4.74 Å². The summed E-state index contributed by atoms with van der Waals surface area (Å²) in [6.45, 7) is 3.73. The highest BCUT2D eigenvalue weighted by Crippen LogP contribution is 2.33. The number of hydrogen-bond acceptors (Lipinski definition) is 2. The molecule has 1 aromatic heterocycles. The number of anilines is 1. The number of rotatable bonds is 3. The van der Waals surface area contributed by atoms with Gasteiger partial charge in [-0.05, 0) is 37.3 Å². The maximum absolute atomic E-state index is 6.30. The van der Waals surface area contributed by atoms with Gasteiger partial charge in [-0.15, -0.1) is 0 Å². The summed E-state index contributed by atoms with van der Waals surface area (Å²) >= 11 is 6.30. The quantitative estimate of drug-likeness (QED) is 0.670. The topological polar surface area (TPSA) is 17.4 Å². The number of nitrogens with zero attached hydrogens (tertiary/aromatic N) is 2. The highest BCUT2D eigenvalue weighted by Gasteiger charge is 2.27. The van der Waals surface area contributed by atoms with Gasteiger partial charge in [0.1, 0.15) is 0 Å². The van der Waals surface area contributed by atoms with Crippen LogP contribution in [-0.4, -0.2) is 17.7 Å². The lowest BCUT2D eigenvalue weighted by Crippen LogP contribution is -2.22. The predicted molar refractivity (Wildman–Crippen MR) is 98.0 cm³/mol. The van der Waals surface area contributed by atoms with Gasteiger partial charge in [0.15, 0.2) is 6.23 Å². The second-order valence-electron chi connectivity index (χ2n) is 6.06. The lowest BCUT2D eigenvalue weighted by atomic mass is 10.2. The first kappa shape index (κ1) is 15.3. The minimum atomic E-state index is -0.0588. The van der Waals surface area contributed by atoms with Crippen LogP contribution < -0.4 is 4.90 Å². The van der Waals surface area contributed by atoms with Crippen LogP contribution in [0.5, 0.6) is 0 Å². The zero-order chi connectivity index (χ0) is 16.5. The van der Waals surface area contributed by atoms with E-state index < -0.39 is 0 Å². The van der Waals surface area contributed by atoms with E-state index in [1.807, 2.05) is 35.0 Å². The molecule has 3 nitrogen and oxygen atoms in total. The molecule has 0 unspecified atom stereocenters. The van der Waals surface area contributed by atoms with Crippen molar-refractivity contribution in [1.29, 1.82) is 0 Å². The molecule has 0 N–H and O–H groups in total. The number of ether oxygens (including phenoxy) is 1. The van der Waals surface area contributed by atoms with E-state index in [4.69, 9.17) is 16.3 Å². The van der Waals surface area contributed by atoms with Crippen molar-refractivity contribution in [2.24, 2.45) is 0 Å². The molecule has 1 aliphatic rings. The molecule has 122 valence electrons. The molecule has 0 aliphatic carbocycles. The minimum Gasteiger partial charge on any atom is -0.352 e. The first-order chi connectivity index (χ1) is 11.7. The van der Waals surface area contributed by atoms with Crippen molar-refractivity contribution in [1.82, 2.24) is 4.57 Å². The lowest BCUT2D eigenvalue weighted by Gasteiger charge is -2.24. The van der Waals surface area contributed by atoms with Crippen molar-refractivity contribution in [3.63, 3.8) is 0 Å². The molecular formula is C20H19ClN2O. The van der Waals surface area contributed by atoms with Gasteiger partial charge in [-0.3, -0.25) is 0 Å². The summed E-state index contributed by atoms with van der Waals surface area (Å²) in [4.78, 5) is 2.30. The molecule has 24 heavy (non-hydrogen) atoms. The van der Waals surface area contributed by atoms with Crippen LogP contribution in [0.2, 0.25) is 5.02 Å². The largest absolute Gasteiger partial charge is 0.352 e. The van der Waals surface area contributed by atoms with Gasteiger partial charge < -0.3 is 14.2 Å². The Morgan fingerprint density at radius 3 is 2.62 bits per heavy atom. The molecule has 0 amide bonds. The Balaban J connectivity index is 1.64. The smallest absolute Gasteiger partial charge is 0.158 e. The van der Waals surface area contributed by atoms with Gasteiger partial charge in [-0.25, -0.2) is 0 Å².